The summed E-state index contributed by atoms with van der Waals surface area (Å²) in [6.45, 7) is 1.99. The second-order valence-corrected chi connectivity index (χ2v) is 8.92. The van der Waals surface area contributed by atoms with Gasteiger partial charge in [-0.25, -0.2) is 14.5 Å². The molecule has 0 aliphatic heterocycles. The number of hydrogen-bond donors (Lipinski definition) is 1. The van der Waals surface area contributed by atoms with Gasteiger partial charge >= 0.3 is 5.97 Å². The van der Waals surface area contributed by atoms with Gasteiger partial charge in [0.25, 0.3) is 0 Å². The zero-order valence-corrected chi connectivity index (χ0v) is 19.7. The maximum absolute atomic E-state index is 12.8. The maximum atomic E-state index is 12.8. The van der Waals surface area contributed by atoms with E-state index in [1.54, 1.807) is 4.68 Å². The third-order valence-electron chi connectivity index (χ3n) is 5.75. The predicted octanol–water partition coefficient (Wildman–Crippen LogP) is 6.09. The zero-order chi connectivity index (χ0) is 24.4. The first-order chi connectivity index (χ1) is 17.0. The minimum absolute atomic E-state index is 0.0211. The molecule has 2 heterocycles. The Bertz CT molecular complexity index is 1500. The predicted molar refractivity (Wildman–Crippen MR) is 136 cm³/mol. The van der Waals surface area contributed by atoms with Gasteiger partial charge in [0.05, 0.1) is 11.4 Å². The van der Waals surface area contributed by atoms with Gasteiger partial charge in [0.2, 0.25) is 5.13 Å². The lowest BCUT2D eigenvalue weighted by Gasteiger charge is -2.08. The molecule has 0 saturated carbocycles. The van der Waals surface area contributed by atoms with Crippen molar-refractivity contribution in [2.75, 3.05) is 0 Å². The molecule has 0 bridgehead atoms. The standard InChI is InChI=1S/C28H21N3O3S/c1-18-25(21-10-6-3-7-11-21)30-31(28-29-23(17-35-28)27(33)34)26(18)22-14-12-20(13-15-22)24(32)16-19-8-4-2-5-9-19/h2-15,17H,16H2,1H3,(H,33,34). The normalized spacial score (nSPS) is 10.9. The van der Waals surface area contributed by atoms with E-state index in [9.17, 15) is 14.7 Å². The second-order valence-electron chi connectivity index (χ2n) is 8.08. The molecule has 5 aromatic rings. The van der Waals surface area contributed by atoms with Crippen LogP contribution in [0.3, 0.4) is 0 Å². The highest BCUT2D eigenvalue weighted by Crippen LogP contribution is 2.34. The lowest BCUT2D eigenvalue weighted by Crippen LogP contribution is -2.04. The first-order valence-electron chi connectivity index (χ1n) is 11.0. The van der Waals surface area contributed by atoms with Gasteiger partial charge in [-0.1, -0.05) is 84.9 Å². The topological polar surface area (TPSA) is 85.1 Å². The average molecular weight is 480 g/mol. The summed E-state index contributed by atoms with van der Waals surface area (Å²) in [7, 11) is 0. The van der Waals surface area contributed by atoms with E-state index in [-0.39, 0.29) is 11.5 Å². The summed E-state index contributed by atoms with van der Waals surface area (Å²) in [6, 6.07) is 26.9. The Morgan fingerprint density at radius 3 is 2.17 bits per heavy atom. The van der Waals surface area contributed by atoms with Crippen molar-refractivity contribution >= 4 is 23.1 Å². The third kappa shape index (κ3) is 4.54. The van der Waals surface area contributed by atoms with E-state index in [2.05, 4.69) is 4.98 Å². The first kappa shape index (κ1) is 22.4. The highest BCUT2D eigenvalue weighted by atomic mass is 32.1. The Labute approximate surface area is 206 Å². The molecule has 0 amide bonds. The van der Waals surface area contributed by atoms with Crippen molar-refractivity contribution < 1.29 is 14.7 Å². The number of thiazole rings is 1. The SMILES string of the molecule is Cc1c(-c2ccccc2)nn(-c2nc(C(=O)O)cs2)c1-c1ccc(C(=O)Cc2ccccc2)cc1. The van der Waals surface area contributed by atoms with Crippen molar-refractivity contribution in [2.45, 2.75) is 13.3 Å². The number of benzene rings is 3. The summed E-state index contributed by atoms with van der Waals surface area (Å²) in [6.07, 6.45) is 0.340. The van der Waals surface area contributed by atoms with Crippen LogP contribution in [0.2, 0.25) is 0 Å². The van der Waals surface area contributed by atoms with Crippen molar-refractivity contribution in [3.8, 4) is 27.6 Å². The first-order valence-corrected chi connectivity index (χ1v) is 11.9. The van der Waals surface area contributed by atoms with Gasteiger partial charge in [0.1, 0.15) is 0 Å². The van der Waals surface area contributed by atoms with Gasteiger partial charge in [-0.05, 0) is 12.5 Å². The molecule has 3 aromatic carbocycles. The smallest absolute Gasteiger partial charge is 0.355 e. The Morgan fingerprint density at radius 1 is 0.886 bits per heavy atom. The highest BCUT2D eigenvalue weighted by molar-refractivity contribution is 7.12. The quantitative estimate of drug-likeness (QED) is 0.285. The fourth-order valence-electron chi connectivity index (χ4n) is 4.00. The number of hydrogen-bond acceptors (Lipinski definition) is 5. The number of ketones is 1. The van der Waals surface area contributed by atoms with Gasteiger partial charge in [0, 0.05) is 34.1 Å². The van der Waals surface area contributed by atoms with E-state index in [0.717, 1.165) is 33.6 Å². The van der Waals surface area contributed by atoms with Crippen LogP contribution in [0.25, 0.3) is 27.6 Å². The molecule has 2 aromatic heterocycles. The maximum Gasteiger partial charge on any atom is 0.355 e. The highest BCUT2D eigenvalue weighted by Gasteiger charge is 2.21. The van der Waals surface area contributed by atoms with E-state index in [4.69, 9.17) is 5.10 Å². The fourth-order valence-corrected chi connectivity index (χ4v) is 4.75. The summed E-state index contributed by atoms with van der Waals surface area (Å²) in [5, 5.41) is 16.1. The van der Waals surface area contributed by atoms with Crippen LogP contribution in [0, 0.1) is 6.92 Å². The molecule has 0 aliphatic rings. The number of carbonyl (C=O) groups excluding carboxylic acids is 1. The van der Waals surface area contributed by atoms with Gasteiger partial charge in [0.15, 0.2) is 11.5 Å². The fraction of sp³-hybridized carbons (Fsp3) is 0.0714. The van der Waals surface area contributed by atoms with Crippen molar-refractivity contribution in [3.05, 3.63) is 113 Å². The van der Waals surface area contributed by atoms with E-state index in [1.165, 1.54) is 16.7 Å². The number of rotatable bonds is 7. The number of carboxylic acid groups (broad SMARTS) is 1. The summed E-state index contributed by atoms with van der Waals surface area (Å²) >= 11 is 1.22. The average Bonchev–Trinajstić information content (AvgIpc) is 3.50. The van der Waals surface area contributed by atoms with Crippen LogP contribution >= 0.6 is 11.3 Å². The van der Waals surface area contributed by atoms with Gasteiger partial charge in [-0.15, -0.1) is 11.3 Å². The Balaban J connectivity index is 1.55. The molecule has 0 fully saturated rings. The molecular weight excluding hydrogens is 458 g/mol. The van der Waals surface area contributed by atoms with E-state index >= 15 is 0 Å². The zero-order valence-electron chi connectivity index (χ0n) is 18.9. The van der Waals surface area contributed by atoms with Crippen molar-refractivity contribution in [1.82, 2.24) is 14.8 Å². The van der Waals surface area contributed by atoms with Crippen LogP contribution < -0.4 is 0 Å². The molecule has 0 saturated heterocycles. The van der Waals surface area contributed by atoms with Crippen LogP contribution in [-0.4, -0.2) is 31.6 Å². The lowest BCUT2D eigenvalue weighted by atomic mass is 9.99. The minimum Gasteiger partial charge on any atom is -0.476 e. The van der Waals surface area contributed by atoms with Gasteiger partial charge < -0.3 is 5.11 Å². The Hall–Kier alpha value is -4.36. The Kier molecular flexibility index (Phi) is 6.08. The van der Waals surface area contributed by atoms with Crippen molar-refractivity contribution in [1.29, 1.82) is 0 Å². The van der Waals surface area contributed by atoms with Gasteiger partial charge in [-0.3, -0.25) is 4.79 Å². The molecule has 0 unspecified atom stereocenters. The van der Waals surface area contributed by atoms with E-state index in [0.29, 0.717) is 17.1 Å². The van der Waals surface area contributed by atoms with E-state index < -0.39 is 5.97 Å². The molecule has 0 radical (unpaired) electrons. The van der Waals surface area contributed by atoms with E-state index in [1.807, 2.05) is 91.9 Å². The molecule has 6 nitrogen and oxygen atoms in total. The monoisotopic (exact) mass is 479 g/mol. The molecule has 0 aliphatic carbocycles. The largest absolute Gasteiger partial charge is 0.476 e. The number of carboxylic acids is 1. The lowest BCUT2D eigenvalue weighted by molar-refractivity contribution is 0.0691. The molecule has 7 heteroatoms. The summed E-state index contributed by atoms with van der Waals surface area (Å²) in [5.74, 6) is -1.04. The molecule has 172 valence electrons. The van der Waals surface area contributed by atoms with Crippen LogP contribution in [-0.2, 0) is 6.42 Å². The van der Waals surface area contributed by atoms with Gasteiger partial charge in [-0.2, -0.15) is 5.10 Å². The number of nitrogens with zero attached hydrogens (tertiary/aromatic N) is 3. The molecule has 0 spiro atoms. The third-order valence-corrected chi connectivity index (χ3v) is 6.57. The number of aromatic nitrogens is 3. The van der Waals surface area contributed by atoms with Crippen LogP contribution in [0.15, 0.2) is 90.3 Å². The molecular formula is C28H21N3O3S. The molecule has 35 heavy (non-hydrogen) atoms. The van der Waals surface area contributed by atoms with Crippen LogP contribution in [0.4, 0.5) is 0 Å². The van der Waals surface area contributed by atoms with Crippen molar-refractivity contribution in [2.24, 2.45) is 0 Å². The Morgan fingerprint density at radius 2 is 1.54 bits per heavy atom. The second kappa shape index (κ2) is 9.48. The molecule has 5 rings (SSSR count). The number of carbonyl (C=O) groups is 2. The molecule has 0 atom stereocenters. The van der Waals surface area contributed by atoms with Crippen LogP contribution in [0.5, 0.6) is 0 Å². The number of aromatic carboxylic acids is 1. The summed E-state index contributed by atoms with van der Waals surface area (Å²) in [5.41, 5.74) is 5.93. The number of Topliss-reactive ketones (excluding diaryl/α,β-unsaturated/α-hetero) is 1. The summed E-state index contributed by atoms with van der Waals surface area (Å²) in [4.78, 5) is 28.5. The van der Waals surface area contributed by atoms with Crippen LogP contribution in [0.1, 0.15) is 32.0 Å². The summed E-state index contributed by atoms with van der Waals surface area (Å²) < 4.78 is 1.69. The molecule has 1 N–H and O–H groups in total. The minimum atomic E-state index is -1.08. The van der Waals surface area contributed by atoms with Crippen molar-refractivity contribution in [3.63, 3.8) is 0 Å².